The van der Waals surface area contributed by atoms with E-state index in [2.05, 4.69) is 29.0 Å². The van der Waals surface area contributed by atoms with Gasteiger partial charge in [0.1, 0.15) is 17.2 Å². The van der Waals surface area contributed by atoms with Crippen LogP contribution in [0.3, 0.4) is 0 Å². The number of methoxy groups -OCH3 is 1. The van der Waals surface area contributed by atoms with Crippen LogP contribution in [0.5, 0.6) is 5.75 Å². The van der Waals surface area contributed by atoms with Crippen LogP contribution in [0.25, 0.3) is 10.9 Å². The van der Waals surface area contributed by atoms with Crippen molar-refractivity contribution < 1.29 is 13.9 Å². The zero-order chi connectivity index (χ0) is 22.1. The van der Waals surface area contributed by atoms with Crippen LogP contribution in [0.1, 0.15) is 52.0 Å². The number of piperidine rings is 1. The smallest absolute Gasteiger partial charge is 0.270 e. The summed E-state index contributed by atoms with van der Waals surface area (Å²) in [5.41, 5.74) is 3.86. The van der Waals surface area contributed by atoms with Gasteiger partial charge >= 0.3 is 0 Å². The Kier molecular flexibility index (Phi) is 5.43. The first kappa shape index (κ1) is 20.4. The van der Waals surface area contributed by atoms with Crippen molar-refractivity contribution in [1.29, 1.82) is 0 Å². The number of ether oxygens (including phenoxy) is 1. The van der Waals surface area contributed by atoms with E-state index >= 15 is 0 Å². The molecule has 0 spiro atoms. The molecule has 1 aliphatic heterocycles. The average Bonchev–Trinajstić information content (AvgIpc) is 3.46. The number of likely N-dealkylation sites (tertiary alicyclic amines) is 1. The maximum Gasteiger partial charge on any atom is 0.270 e. The molecule has 3 heterocycles. The van der Waals surface area contributed by atoms with Crippen LogP contribution in [0.15, 0.2) is 59.1 Å². The number of nitrogens with zero attached hydrogens (tertiary/aromatic N) is 2. The standard InChI is InChI=1S/C26H27N3O3/c1-17-9-10-18-14-23(28-22(18)12-17)26(30)29-11-5-7-20(16-29)25-27-15-21(32-25)13-19-6-3-4-8-24(19)31-2/h3-4,6,8-10,12,14-15,20,28H,5,7,11,13,16H2,1-2H3/t20-/m0/s1. The monoisotopic (exact) mass is 429 g/mol. The van der Waals surface area contributed by atoms with Gasteiger partial charge in [-0.15, -0.1) is 0 Å². The number of para-hydroxylation sites is 1. The van der Waals surface area contributed by atoms with Crippen molar-refractivity contribution in [2.45, 2.75) is 32.1 Å². The number of benzene rings is 2. The Morgan fingerprint density at radius 2 is 2.12 bits per heavy atom. The molecular weight excluding hydrogens is 402 g/mol. The SMILES string of the molecule is COc1ccccc1Cc1cnc([C@H]2CCCN(C(=O)c3cc4ccc(C)cc4[nH]3)C2)o1. The van der Waals surface area contributed by atoms with Gasteiger partial charge in [-0.3, -0.25) is 4.79 Å². The van der Waals surface area contributed by atoms with Gasteiger partial charge in [0.15, 0.2) is 5.89 Å². The molecule has 1 fully saturated rings. The topological polar surface area (TPSA) is 71.4 Å². The lowest BCUT2D eigenvalue weighted by Crippen LogP contribution is -2.39. The summed E-state index contributed by atoms with van der Waals surface area (Å²) in [5, 5.41) is 1.06. The quantitative estimate of drug-likeness (QED) is 0.480. The molecule has 1 saturated heterocycles. The van der Waals surface area contributed by atoms with E-state index in [0.29, 0.717) is 24.6 Å². The number of aryl methyl sites for hydroxylation is 1. The van der Waals surface area contributed by atoms with Crippen LogP contribution < -0.4 is 4.74 Å². The van der Waals surface area contributed by atoms with Gasteiger partial charge in [-0.25, -0.2) is 4.98 Å². The fourth-order valence-corrected chi connectivity index (χ4v) is 4.52. The number of amides is 1. The number of hydrogen-bond acceptors (Lipinski definition) is 4. The number of rotatable bonds is 5. The third kappa shape index (κ3) is 4.00. The molecule has 0 bridgehead atoms. The first-order chi connectivity index (χ1) is 15.6. The Balaban J connectivity index is 1.30. The van der Waals surface area contributed by atoms with E-state index in [0.717, 1.165) is 47.4 Å². The van der Waals surface area contributed by atoms with Crippen molar-refractivity contribution in [2.24, 2.45) is 0 Å². The molecule has 0 unspecified atom stereocenters. The zero-order valence-corrected chi connectivity index (χ0v) is 18.4. The Hall–Kier alpha value is -3.54. The molecule has 2 aromatic carbocycles. The molecule has 6 heteroatoms. The maximum atomic E-state index is 13.2. The number of nitrogens with one attached hydrogen (secondary N) is 1. The van der Waals surface area contributed by atoms with E-state index < -0.39 is 0 Å². The Labute approximate surface area is 187 Å². The number of carbonyl (C=O) groups is 1. The highest BCUT2D eigenvalue weighted by molar-refractivity contribution is 5.98. The van der Waals surface area contributed by atoms with Crippen LogP contribution in [0.4, 0.5) is 0 Å². The second kappa shape index (κ2) is 8.54. The third-order valence-corrected chi connectivity index (χ3v) is 6.19. The first-order valence-electron chi connectivity index (χ1n) is 11.1. The van der Waals surface area contributed by atoms with E-state index in [-0.39, 0.29) is 11.8 Å². The van der Waals surface area contributed by atoms with Gasteiger partial charge in [0.25, 0.3) is 5.91 Å². The summed E-state index contributed by atoms with van der Waals surface area (Å²) in [6, 6.07) is 16.0. The fraction of sp³-hybridized carbons (Fsp3) is 0.308. The molecule has 0 aliphatic carbocycles. The van der Waals surface area contributed by atoms with Crippen molar-refractivity contribution in [3.8, 4) is 5.75 Å². The second-order valence-corrected chi connectivity index (χ2v) is 8.52. The van der Waals surface area contributed by atoms with E-state index in [1.54, 1.807) is 13.3 Å². The number of H-pyrrole nitrogens is 1. The molecule has 0 radical (unpaired) electrons. The lowest BCUT2D eigenvalue weighted by atomic mass is 9.97. The van der Waals surface area contributed by atoms with Gasteiger partial charge in [-0.05, 0) is 43.5 Å². The number of aromatic nitrogens is 2. The van der Waals surface area contributed by atoms with Crippen LogP contribution >= 0.6 is 0 Å². The van der Waals surface area contributed by atoms with Gasteiger partial charge < -0.3 is 19.0 Å². The lowest BCUT2D eigenvalue weighted by molar-refractivity contribution is 0.0693. The molecular formula is C26H27N3O3. The molecule has 4 aromatic rings. The van der Waals surface area contributed by atoms with E-state index in [1.165, 1.54) is 5.56 Å². The third-order valence-electron chi connectivity index (χ3n) is 6.19. The summed E-state index contributed by atoms with van der Waals surface area (Å²) in [6.45, 7) is 3.41. The normalized spacial score (nSPS) is 16.4. The largest absolute Gasteiger partial charge is 0.496 e. The number of carbonyl (C=O) groups excluding carboxylic acids is 1. The zero-order valence-electron chi connectivity index (χ0n) is 18.4. The van der Waals surface area contributed by atoms with Gasteiger partial charge in [0, 0.05) is 36.0 Å². The molecule has 0 saturated carbocycles. The second-order valence-electron chi connectivity index (χ2n) is 8.52. The maximum absolute atomic E-state index is 13.2. The van der Waals surface area contributed by atoms with Crippen LogP contribution in [0.2, 0.25) is 0 Å². The molecule has 6 nitrogen and oxygen atoms in total. The van der Waals surface area contributed by atoms with Gasteiger partial charge in [0.2, 0.25) is 0 Å². The summed E-state index contributed by atoms with van der Waals surface area (Å²) in [5.74, 6) is 2.49. The molecule has 164 valence electrons. The van der Waals surface area contributed by atoms with Gasteiger partial charge in [-0.2, -0.15) is 0 Å². The van der Waals surface area contributed by atoms with Gasteiger partial charge in [-0.1, -0.05) is 30.3 Å². The highest BCUT2D eigenvalue weighted by Crippen LogP contribution is 2.29. The van der Waals surface area contributed by atoms with Crippen LogP contribution in [-0.4, -0.2) is 41.0 Å². The van der Waals surface area contributed by atoms with Crippen LogP contribution in [-0.2, 0) is 6.42 Å². The van der Waals surface area contributed by atoms with Crippen molar-refractivity contribution in [1.82, 2.24) is 14.9 Å². The summed E-state index contributed by atoms with van der Waals surface area (Å²) in [6.07, 6.45) is 4.31. The molecule has 1 N–H and O–H groups in total. The fourth-order valence-electron chi connectivity index (χ4n) is 4.52. The summed E-state index contributed by atoms with van der Waals surface area (Å²) < 4.78 is 11.6. The Morgan fingerprint density at radius 3 is 3.00 bits per heavy atom. The minimum atomic E-state index is 0.0318. The minimum Gasteiger partial charge on any atom is -0.496 e. The minimum absolute atomic E-state index is 0.0318. The van der Waals surface area contributed by atoms with Crippen molar-refractivity contribution in [3.63, 3.8) is 0 Å². The predicted molar refractivity (Wildman–Crippen MR) is 123 cm³/mol. The number of hydrogen-bond donors (Lipinski definition) is 1. The molecule has 2 aromatic heterocycles. The van der Waals surface area contributed by atoms with Crippen LogP contribution in [0, 0.1) is 6.92 Å². The molecule has 1 atom stereocenters. The van der Waals surface area contributed by atoms with Crippen molar-refractivity contribution in [3.05, 3.63) is 83.2 Å². The van der Waals surface area contributed by atoms with Crippen molar-refractivity contribution in [2.75, 3.05) is 20.2 Å². The van der Waals surface area contributed by atoms with E-state index in [4.69, 9.17) is 9.15 Å². The molecule has 1 aliphatic rings. The highest BCUT2D eigenvalue weighted by atomic mass is 16.5. The highest BCUT2D eigenvalue weighted by Gasteiger charge is 2.29. The number of aromatic amines is 1. The van der Waals surface area contributed by atoms with E-state index in [1.807, 2.05) is 41.3 Å². The molecule has 32 heavy (non-hydrogen) atoms. The Bertz CT molecular complexity index is 1260. The predicted octanol–water partition coefficient (Wildman–Crippen LogP) is 5.08. The summed E-state index contributed by atoms with van der Waals surface area (Å²) >= 11 is 0. The van der Waals surface area contributed by atoms with Crippen molar-refractivity contribution >= 4 is 16.8 Å². The number of oxazole rings is 1. The van der Waals surface area contributed by atoms with E-state index in [9.17, 15) is 4.79 Å². The molecule has 1 amide bonds. The van der Waals surface area contributed by atoms with Gasteiger partial charge in [0.05, 0.1) is 19.2 Å². The summed E-state index contributed by atoms with van der Waals surface area (Å²) in [4.78, 5) is 22.9. The number of fused-ring (bicyclic) bond motifs is 1. The average molecular weight is 430 g/mol. The Morgan fingerprint density at radius 1 is 1.25 bits per heavy atom. The first-order valence-corrected chi connectivity index (χ1v) is 11.1. The lowest BCUT2D eigenvalue weighted by Gasteiger charge is -2.31. The summed E-state index contributed by atoms with van der Waals surface area (Å²) in [7, 11) is 1.67. The molecule has 5 rings (SSSR count).